The number of allylic oxidation sites excluding steroid dienone is 2. The van der Waals surface area contributed by atoms with Gasteiger partial charge in [-0.2, -0.15) is 6.58 Å². The number of hydrogen-bond donors (Lipinski definition) is 0. The van der Waals surface area contributed by atoms with Crippen LogP contribution in [-0.2, 0) is 0 Å². The molecule has 0 radical (unpaired) electrons. The van der Waals surface area contributed by atoms with Crippen LogP contribution in [0.3, 0.4) is 0 Å². The Bertz CT molecular complexity index is 211. The second kappa shape index (κ2) is 5.24. The molecule has 0 aromatic carbocycles. The van der Waals surface area contributed by atoms with Gasteiger partial charge in [0.2, 0.25) is 0 Å². The fourth-order valence-electron chi connectivity index (χ4n) is 1.57. The third kappa shape index (κ3) is 4.91. The minimum absolute atomic E-state index is 0. The molecule has 1 aliphatic carbocycles. The van der Waals surface area contributed by atoms with Crippen molar-refractivity contribution in [1.29, 1.82) is 0 Å². The second-order valence-electron chi connectivity index (χ2n) is 4.66. The Hall–Kier alpha value is 0.294. The molecule has 0 nitrogen and oxygen atoms in total. The van der Waals surface area contributed by atoms with Gasteiger partial charge in [0.25, 0.3) is 0 Å². The van der Waals surface area contributed by atoms with Crippen molar-refractivity contribution in [1.82, 2.24) is 0 Å². The normalized spacial score (nSPS) is 21.5. The van der Waals surface area contributed by atoms with E-state index in [1.165, 1.54) is 36.8 Å². The van der Waals surface area contributed by atoms with Crippen LogP contribution >= 0.6 is 0 Å². The standard InChI is InChI=1S/C11H19Si.Li/c1-10-7-5-6-8-11(10)9-12(2,3)4;/h1,5-8H2,2-4H3;/q-1;+1. The third-order valence-corrected chi connectivity index (χ3v) is 3.16. The van der Waals surface area contributed by atoms with Crippen LogP contribution in [0.25, 0.3) is 0 Å². The molecule has 0 aliphatic heterocycles. The smallest absolute Gasteiger partial charge is 0.276 e. The van der Waals surface area contributed by atoms with Crippen molar-refractivity contribution in [3.05, 3.63) is 23.4 Å². The van der Waals surface area contributed by atoms with Crippen LogP contribution in [0, 0.1) is 5.70 Å². The minimum atomic E-state index is -1.13. The molecule has 0 bridgehead atoms. The van der Waals surface area contributed by atoms with Crippen LogP contribution in [-0.4, -0.2) is 8.07 Å². The molecule has 1 aliphatic rings. The summed E-state index contributed by atoms with van der Waals surface area (Å²) in [5, 5.41) is 0. The molecule has 0 aromatic rings. The minimum Gasteiger partial charge on any atom is -0.276 e. The van der Waals surface area contributed by atoms with Gasteiger partial charge in [0.05, 0.1) is 0 Å². The molecule has 1 fully saturated rings. The average Bonchev–Trinajstić information content (AvgIpc) is 1.91. The zero-order valence-corrected chi connectivity index (χ0v) is 10.5. The molecule has 0 N–H and O–H groups in total. The average molecular weight is 186 g/mol. The van der Waals surface area contributed by atoms with Gasteiger partial charge in [-0.05, 0) is 8.07 Å². The van der Waals surface area contributed by atoms with E-state index in [0.29, 0.717) is 0 Å². The van der Waals surface area contributed by atoms with Gasteiger partial charge < -0.3 is 0 Å². The van der Waals surface area contributed by atoms with Gasteiger partial charge in [-0.25, -0.2) is 11.1 Å². The SMILES string of the molecule is C=C1CCCCC1=[C-][Si](C)(C)C.[Li+]. The van der Waals surface area contributed by atoms with Gasteiger partial charge in [-0.15, -0.1) is 0 Å². The summed E-state index contributed by atoms with van der Waals surface area (Å²) in [6.07, 6.45) is 5.09. The van der Waals surface area contributed by atoms with Gasteiger partial charge in [0.15, 0.2) is 0 Å². The van der Waals surface area contributed by atoms with Gasteiger partial charge in [-0.1, -0.05) is 45.3 Å². The molecule has 0 amide bonds. The van der Waals surface area contributed by atoms with E-state index in [-0.39, 0.29) is 18.9 Å². The summed E-state index contributed by atoms with van der Waals surface area (Å²) >= 11 is 0. The second-order valence-corrected chi connectivity index (χ2v) is 9.41. The maximum atomic E-state index is 4.10. The molecule has 13 heavy (non-hydrogen) atoms. The largest absolute Gasteiger partial charge is 1.00 e. The molecule has 0 aromatic heterocycles. The first kappa shape index (κ1) is 13.3. The van der Waals surface area contributed by atoms with Gasteiger partial charge >= 0.3 is 18.9 Å². The van der Waals surface area contributed by atoms with Crippen LogP contribution < -0.4 is 18.9 Å². The summed E-state index contributed by atoms with van der Waals surface area (Å²) in [6, 6.07) is 0. The van der Waals surface area contributed by atoms with E-state index in [1.807, 2.05) is 0 Å². The third-order valence-electron chi connectivity index (χ3n) is 2.11. The monoisotopic (exact) mass is 186 g/mol. The van der Waals surface area contributed by atoms with Crippen LogP contribution in [0.4, 0.5) is 0 Å². The van der Waals surface area contributed by atoms with Crippen molar-refractivity contribution in [2.45, 2.75) is 45.3 Å². The van der Waals surface area contributed by atoms with Crippen molar-refractivity contribution in [2.24, 2.45) is 0 Å². The van der Waals surface area contributed by atoms with Crippen LogP contribution in [0.15, 0.2) is 17.7 Å². The molecule has 1 rings (SSSR count). The molecule has 0 heterocycles. The maximum absolute atomic E-state index is 4.10. The first-order valence-corrected chi connectivity index (χ1v) is 8.31. The Morgan fingerprint density at radius 3 is 2.15 bits per heavy atom. The first-order valence-electron chi connectivity index (χ1n) is 4.81. The van der Waals surface area contributed by atoms with Gasteiger partial charge in [0.1, 0.15) is 0 Å². The Morgan fingerprint density at radius 1 is 1.15 bits per heavy atom. The molecular formula is C11H19LiSi. The van der Waals surface area contributed by atoms with Crippen LogP contribution in [0.2, 0.25) is 19.6 Å². The van der Waals surface area contributed by atoms with Crippen molar-refractivity contribution >= 4 is 8.07 Å². The van der Waals surface area contributed by atoms with E-state index >= 15 is 0 Å². The molecule has 2 heteroatoms. The Balaban J connectivity index is 0.00000144. The molecule has 68 valence electrons. The predicted molar refractivity (Wildman–Crippen MR) is 57.7 cm³/mol. The molecule has 0 atom stereocenters. The summed E-state index contributed by atoms with van der Waals surface area (Å²) in [5.74, 6) is 0. The van der Waals surface area contributed by atoms with E-state index in [1.54, 1.807) is 0 Å². The summed E-state index contributed by atoms with van der Waals surface area (Å²) < 4.78 is 0. The van der Waals surface area contributed by atoms with Crippen molar-refractivity contribution in [3.63, 3.8) is 0 Å². The Kier molecular flexibility index (Phi) is 5.36. The van der Waals surface area contributed by atoms with Crippen molar-refractivity contribution < 1.29 is 18.9 Å². The summed E-state index contributed by atoms with van der Waals surface area (Å²) in [7, 11) is -1.13. The summed E-state index contributed by atoms with van der Waals surface area (Å²) in [4.78, 5) is 0. The summed E-state index contributed by atoms with van der Waals surface area (Å²) in [6.45, 7) is 11.1. The number of hydrogen-bond acceptors (Lipinski definition) is 0. The van der Waals surface area contributed by atoms with E-state index in [4.69, 9.17) is 0 Å². The quantitative estimate of drug-likeness (QED) is 0.418. The van der Waals surface area contributed by atoms with E-state index in [0.717, 1.165) is 0 Å². The van der Waals surface area contributed by atoms with E-state index in [9.17, 15) is 0 Å². The number of rotatable bonds is 1. The Morgan fingerprint density at radius 2 is 1.69 bits per heavy atom. The van der Waals surface area contributed by atoms with Crippen LogP contribution in [0.5, 0.6) is 0 Å². The molecule has 0 unspecified atom stereocenters. The maximum Gasteiger partial charge on any atom is 1.00 e. The zero-order valence-electron chi connectivity index (χ0n) is 9.54. The molecule has 0 saturated heterocycles. The first-order chi connectivity index (χ1) is 5.49. The van der Waals surface area contributed by atoms with E-state index < -0.39 is 8.07 Å². The van der Waals surface area contributed by atoms with Crippen molar-refractivity contribution in [3.8, 4) is 0 Å². The molecule has 0 spiro atoms. The molecule has 1 saturated carbocycles. The fourth-order valence-corrected chi connectivity index (χ4v) is 2.78. The van der Waals surface area contributed by atoms with Gasteiger partial charge in [0, 0.05) is 0 Å². The zero-order chi connectivity index (χ0) is 9.19. The summed E-state index contributed by atoms with van der Waals surface area (Å²) in [5.41, 5.74) is 6.46. The topological polar surface area (TPSA) is 0 Å². The Labute approximate surface area is 95.7 Å². The van der Waals surface area contributed by atoms with Crippen molar-refractivity contribution in [2.75, 3.05) is 0 Å². The molecular weight excluding hydrogens is 167 g/mol. The predicted octanol–water partition coefficient (Wildman–Crippen LogP) is 0.728. The van der Waals surface area contributed by atoms with Crippen LogP contribution in [0.1, 0.15) is 25.7 Å². The van der Waals surface area contributed by atoms with E-state index in [2.05, 4.69) is 31.9 Å². The fraction of sp³-hybridized carbons (Fsp3) is 0.636. The van der Waals surface area contributed by atoms with Gasteiger partial charge in [-0.3, -0.25) is 5.70 Å².